The molecule has 0 aliphatic rings. The highest BCUT2D eigenvalue weighted by Gasteiger charge is 2.19. The number of nitro benzene ring substituents is 1. The molecule has 2 aromatic rings. The van der Waals surface area contributed by atoms with Gasteiger partial charge in [-0.15, -0.1) is 0 Å². The molecule has 2 rings (SSSR count). The van der Waals surface area contributed by atoms with E-state index in [-0.39, 0.29) is 36.1 Å². The number of nitrogens with zero attached hydrogens (tertiary/aromatic N) is 2. The van der Waals surface area contributed by atoms with Crippen molar-refractivity contribution in [2.45, 2.75) is 0 Å². The highest BCUT2D eigenvalue weighted by molar-refractivity contribution is 6.00. The van der Waals surface area contributed by atoms with Crippen LogP contribution in [0.15, 0.2) is 42.5 Å². The van der Waals surface area contributed by atoms with Crippen LogP contribution in [0.4, 0.5) is 15.8 Å². The number of benzene rings is 2. The number of hydrogen-bond donors (Lipinski definition) is 1. The Labute approximate surface area is 144 Å². The molecule has 0 unspecified atom stereocenters. The van der Waals surface area contributed by atoms with Crippen LogP contribution in [0.5, 0.6) is 5.75 Å². The summed E-state index contributed by atoms with van der Waals surface area (Å²) in [5.74, 6) is -0.228. The number of hydrogen-bond acceptors (Lipinski definition) is 5. The molecule has 0 saturated heterocycles. The van der Waals surface area contributed by atoms with Gasteiger partial charge in [0.1, 0.15) is 18.2 Å². The average Bonchev–Trinajstić information content (AvgIpc) is 2.62. The first-order valence-electron chi connectivity index (χ1n) is 7.52. The predicted molar refractivity (Wildman–Crippen MR) is 91.5 cm³/mol. The molecule has 25 heavy (non-hydrogen) atoms. The van der Waals surface area contributed by atoms with Crippen molar-refractivity contribution in [1.29, 1.82) is 0 Å². The van der Waals surface area contributed by atoms with E-state index in [4.69, 9.17) is 4.74 Å². The van der Waals surface area contributed by atoms with Gasteiger partial charge in [0.25, 0.3) is 11.6 Å². The number of amides is 1. The Morgan fingerprint density at radius 2 is 1.96 bits per heavy atom. The van der Waals surface area contributed by atoms with Crippen molar-refractivity contribution < 1.29 is 18.8 Å². The van der Waals surface area contributed by atoms with Crippen LogP contribution in [0.3, 0.4) is 0 Å². The maximum Gasteiger partial charge on any atom is 0.270 e. The lowest BCUT2D eigenvalue weighted by Crippen LogP contribution is -2.31. The van der Waals surface area contributed by atoms with Crippen molar-refractivity contribution in [1.82, 2.24) is 4.90 Å². The van der Waals surface area contributed by atoms with Crippen LogP contribution in [0.25, 0.3) is 0 Å². The SMILES string of the molecule is CNc1ccc([N+](=O)[O-])cc1C(=O)N(C)CCOc1ccc(F)cc1. The number of ether oxygens (including phenoxy) is 1. The second-order valence-corrected chi connectivity index (χ2v) is 5.27. The van der Waals surface area contributed by atoms with Crippen molar-refractivity contribution in [3.63, 3.8) is 0 Å². The van der Waals surface area contributed by atoms with Crippen LogP contribution in [-0.2, 0) is 0 Å². The monoisotopic (exact) mass is 347 g/mol. The van der Waals surface area contributed by atoms with Gasteiger partial charge in [0.2, 0.25) is 0 Å². The Bertz CT molecular complexity index is 765. The Kier molecular flexibility index (Phi) is 5.89. The van der Waals surface area contributed by atoms with Crippen LogP contribution in [0.2, 0.25) is 0 Å². The number of likely N-dealkylation sites (N-methyl/N-ethyl adjacent to an activating group) is 1. The summed E-state index contributed by atoms with van der Waals surface area (Å²) in [4.78, 5) is 24.3. The van der Waals surface area contributed by atoms with E-state index in [0.29, 0.717) is 11.4 Å². The fraction of sp³-hybridized carbons (Fsp3) is 0.235. The first-order valence-corrected chi connectivity index (χ1v) is 7.52. The first kappa shape index (κ1) is 18.2. The zero-order valence-electron chi connectivity index (χ0n) is 13.9. The third-order valence-electron chi connectivity index (χ3n) is 3.57. The number of nitro groups is 1. The Hall–Kier alpha value is -3.16. The highest BCUT2D eigenvalue weighted by atomic mass is 19.1. The lowest BCUT2D eigenvalue weighted by atomic mass is 10.1. The number of carbonyl (C=O) groups is 1. The summed E-state index contributed by atoms with van der Waals surface area (Å²) in [5.41, 5.74) is 0.557. The molecule has 1 amide bonds. The molecule has 7 nitrogen and oxygen atoms in total. The smallest absolute Gasteiger partial charge is 0.270 e. The molecular weight excluding hydrogens is 329 g/mol. The molecule has 0 atom stereocenters. The summed E-state index contributed by atoms with van der Waals surface area (Å²) in [7, 11) is 3.21. The molecule has 0 aliphatic carbocycles. The van der Waals surface area contributed by atoms with Crippen molar-refractivity contribution >= 4 is 17.3 Å². The fourth-order valence-electron chi connectivity index (χ4n) is 2.18. The zero-order chi connectivity index (χ0) is 18.4. The summed E-state index contributed by atoms with van der Waals surface area (Å²) in [6, 6.07) is 9.63. The molecule has 0 spiro atoms. The molecule has 132 valence electrons. The summed E-state index contributed by atoms with van der Waals surface area (Å²) in [6.07, 6.45) is 0. The van der Waals surface area contributed by atoms with E-state index >= 15 is 0 Å². The van der Waals surface area contributed by atoms with E-state index in [1.165, 1.54) is 47.4 Å². The zero-order valence-corrected chi connectivity index (χ0v) is 13.9. The number of anilines is 1. The lowest BCUT2D eigenvalue weighted by molar-refractivity contribution is -0.384. The van der Waals surface area contributed by atoms with Gasteiger partial charge in [-0.25, -0.2) is 4.39 Å². The van der Waals surface area contributed by atoms with Crippen LogP contribution < -0.4 is 10.1 Å². The summed E-state index contributed by atoms with van der Waals surface area (Å²) < 4.78 is 18.3. The third kappa shape index (κ3) is 4.66. The normalized spacial score (nSPS) is 10.2. The minimum atomic E-state index is -0.548. The molecule has 0 fully saturated rings. The molecule has 0 aliphatic heterocycles. The van der Waals surface area contributed by atoms with Crippen LogP contribution in [0.1, 0.15) is 10.4 Å². The Morgan fingerprint density at radius 1 is 1.28 bits per heavy atom. The van der Waals surface area contributed by atoms with Gasteiger partial charge in [0.05, 0.1) is 17.0 Å². The maximum absolute atomic E-state index is 12.8. The summed E-state index contributed by atoms with van der Waals surface area (Å²) in [6.45, 7) is 0.472. The largest absolute Gasteiger partial charge is 0.492 e. The van der Waals surface area contributed by atoms with Gasteiger partial charge < -0.3 is 15.0 Å². The van der Waals surface area contributed by atoms with Gasteiger partial charge in [-0.1, -0.05) is 0 Å². The number of carbonyl (C=O) groups excluding carboxylic acids is 1. The third-order valence-corrected chi connectivity index (χ3v) is 3.57. The standard InChI is InChI=1S/C17H18FN3O4/c1-19-16-8-5-13(21(23)24)11-15(16)17(22)20(2)9-10-25-14-6-3-12(18)4-7-14/h3-8,11,19H,9-10H2,1-2H3. The fourth-order valence-corrected chi connectivity index (χ4v) is 2.18. The van der Waals surface area contributed by atoms with Gasteiger partial charge in [-0.05, 0) is 30.3 Å². The highest BCUT2D eigenvalue weighted by Crippen LogP contribution is 2.23. The quantitative estimate of drug-likeness (QED) is 0.615. The van der Waals surface area contributed by atoms with E-state index in [9.17, 15) is 19.3 Å². The molecule has 0 aromatic heterocycles. The molecule has 2 aromatic carbocycles. The Balaban J connectivity index is 2.02. The Morgan fingerprint density at radius 3 is 2.56 bits per heavy atom. The lowest BCUT2D eigenvalue weighted by Gasteiger charge is -2.19. The van der Waals surface area contributed by atoms with E-state index in [1.54, 1.807) is 14.1 Å². The first-order chi connectivity index (χ1) is 11.9. The minimum Gasteiger partial charge on any atom is -0.492 e. The second kappa shape index (κ2) is 8.09. The van der Waals surface area contributed by atoms with Gasteiger partial charge in [0, 0.05) is 31.9 Å². The molecule has 0 radical (unpaired) electrons. The number of halogens is 1. The number of non-ortho nitro benzene ring substituents is 1. The molecule has 0 saturated carbocycles. The van der Waals surface area contributed by atoms with Gasteiger partial charge >= 0.3 is 0 Å². The maximum atomic E-state index is 12.8. The van der Waals surface area contributed by atoms with E-state index in [1.807, 2.05) is 0 Å². The van der Waals surface area contributed by atoms with E-state index in [2.05, 4.69) is 5.32 Å². The minimum absolute atomic E-state index is 0.154. The molecule has 8 heteroatoms. The molecular formula is C17H18FN3O4. The van der Waals surface area contributed by atoms with Crippen molar-refractivity contribution in [3.8, 4) is 5.75 Å². The summed E-state index contributed by atoms with van der Waals surface area (Å²) >= 11 is 0. The van der Waals surface area contributed by atoms with Crippen LogP contribution in [-0.4, -0.2) is 43.0 Å². The second-order valence-electron chi connectivity index (χ2n) is 5.27. The van der Waals surface area contributed by atoms with E-state index in [0.717, 1.165) is 0 Å². The van der Waals surface area contributed by atoms with Crippen LogP contribution in [0, 0.1) is 15.9 Å². The van der Waals surface area contributed by atoms with Gasteiger partial charge in [0.15, 0.2) is 0 Å². The topological polar surface area (TPSA) is 84.7 Å². The van der Waals surface area contributed by atoms with Crippen molar-refractivity contribution in [2.75, 3.05) is 32.6 Å². The number of nitrogens with one attached hydrogen (secondary N) is 1. The van der Waals surface area contributed by atoms with Gasteiger partial charge in [-0.2, -0.15) is 0 Å². The number of rotatable bonds is 7. The molecule has 0 bridgehead atoms. The van der Waals surface area contributed by atoms with E-state index < -0.39 is 4.92 Å². The van der Waals surface area contributed by atoms with Gasteiger partial charge in [-0.3, -0.25) is 14.9 Å². The predicted octanol–water partition coefficient (Wildman–Crippen LogP) is 2.93. The van der Waals surface area contributed by atoms with Crippen molar-refractivity contribution in [2.24, 2.45) is 0 Å². The molecule has 1 N–H and O–H groups in total. The average molecular weight is 347 g/mol. The molecule has 0 heterocycles. The van der Waals surface area contributed by atoms with Crippen LogP contribution >= 0.6 is 0 Å². The van der Waals surface area contributed by atoms with Crippen molar-refractivity contribution in [3.05, 3.63) is 64.0 Å². The summed E-state index contributed by atoms with van der Waals surface area (Å²) in [5, 5.41) is 13.8.